The lowest BCUT2D eigenvalue weighted by Crippen LogP contribution is -2.59. The Morgan fingerprint density at radius 2 is 1.64 bits per heavy atom. The molecule has 176 valence electrons. The molecule has 1 saturated heterocycles. The number of hydroxylamine groups is 1. The molecule has 2 aromatic carbocycles. The first-order valence-corrected chi connectivity index (χ1v) is 11.2. The van der Waals surface area contributed by atoms with Gasteiger partial charge in [0.15, 0.2) is 5.67 Å². The molecule has 2 aliphatic rings. The summed E-state index contributed by atoms with van der Waals surface area (Å²) in [5.74, 6) is -2.32. The van der Waals surface area contributed by atoms with E-state index in [9.17, 15) is 4.79 Å². The molecule has 1 unspecified atom stereocenters. The topological polar surface area (TPSA) is 50.8 Å². The third kappa shape index (κ3) is 4.78. The van der Waals surface area contributed by atoms with E-state index in [1.54, 1.807) is 45.0 Å². The highest BCUT2D eigenvalue weighted by Gasteiger charge is 2.48. The van der Waals surface area contributed by atoms with Gasteiger partial charge >= 0.3 is 6.09 Å². The van der Waals surface area contributed by atoms with Gasteiger partial charge in [-0.1, -0.05) is 59.1 Å². The SMILES string of the molecule is CC(C)(C)OC(=O)N1CC(F)(c2ccc(C3=CC(F)(c4cc(Cl)c(Cl)c(Cl)c4)ON3)cc2)C1. The first kappa shape index (κ1) is 24.1. The number of nitrogens with zero attached hydrogens (tertiary/aromatic N) is 1. The molecule has 33 heavy (non-hydrogen) atoms. The minimum absolute atomic E-state index is 0.0698. The Bertz CT molecular complexity index is 1110. The summed E-state index contributed by atoms with van der Waals surface area (Å²) in [5, 5.41) is 0.318. The lowest BCUT2D eigenvalue weighted by Gasteiger charge is -2.44. The smallest absolute Gasteiger partial charge is 0.410 e. The van der Waals surface area contributed by atoms with E-state index in [0.717, 1.165) is 0 Å². The molecule has 0 aromatic heterocycles. The van der Waals surface area contributed by atoms with Crippen LogP contribution in [0.2, 0.25) is 15.1 Å². The third-order valence-corrected chi connectivity index (χ3v) is 6.46. The van der Waals surface area contributed by atoms with Crippen molar-refractivity contribution in [3.05, 3.63) is 74.2 Å². The number of ether oxygens (including phenoxy) is 1. The molecule has 0 radical (unpaired) electrons. The average molecular weight is 518 g/mol. The van der Waals surface area contributed by atoms with Crippen LogP contribution in [0.15, 0.2) is 42.5 Å². The zero-order valence-electron chi connectivity index (χ0n) is 18.0. The zero-order chi connectivity index (χ0) is 24.2. The molecule has 0 bridgehead atoms. The molecule has 0 spiro atoms. The number of hydrogen-bond donors (Lipinski definition) is 1. The van der Waals surface area contributed by atoms with E-state index in [4.69, 9.17) is 44.4 Å². The van der Waals surface area contributed by atoms with E-state index in [2.05, 4.69) is 5.48 Å². The van der Waals surface area contributed by atoms with Gasteiger partial charge < -0.3 is 9.64 Å². The minimum Gasteiger partial charge on any atom is -0.444 e. The van der Waals surface area contributed by atoms with Crippen LogP contribution in [0.4, 0.5) is 13.6 Å². The van der Waals surface area contributed by atoms with Crippen molar-refractivity contribution in [2.75, 3.05) is 13.1 Å². The molecule has 1 fully saturated rings. The summed E-state index contributed by atoms with van der Waals surface area (Å²) in [7, 11) is 0. The van der Waals surface area contributed by atoms with Crippen molar-refractivity contribution in [3.63, 3.8) is 0 Å². The Morgan fingerprint density at radius 3 is 2.18 bits per heavy atom. The number of halogens is 5. The third-order valence-electron chi connectivity index (χ3n) is 5.26. The molecule has 10 heteroatoms. The van der Waals surface area contributed by atoms with Gasteiger partial charge in [-0.3, -0.25) is 5.48 Å². The normalized spacial score (nSPS) is 21.8. The second-order valence-electron chi connectivity index (χ2n) is 9.04. The lowest BCUT2D eigenvalue weighted by atomic mass is 9.87. The number of likely N-dealkylation sites (tertiary alicyclic amines) is 1. The number of carbonyl (C=O) groups is 1. The number of benzene rings is 2. The van der Waals surface area contributed by atoms with Crippen molar-refractivity contribution in [2.45, 2.75) is 37.9 Å². The molecule has 0 saturated carbocycles. The second kappa shape index (κ2) is 8.31. The van der Waals surface area contributed by atoms with Gasteiger partial charge in [0.1, 0.15) is 5.60 Å². The average Bonchev–Trinajstić information content (AvgIpc) is 3.11. The largest absolute Gasteiger partial charge is 0.444 e. The van der Waals surface area contributed by atoms with E-state index in [0.29, 0.717) is 16.8 Å². The van der Waals surface area contributed by atoms with Gasteiger partial charge in [-0.15, -0.1) is 0 Å². The molecular weight excluding hydrogens is 497 g/mol. The maximum absolute atomic E-state index is 15.4. The van der Waals surface area contributed by atoms with Crippen molar-refractivity contribution >= 4 is 46.6 Å². The summed E-state index contributed by atoms with van der Waals surface area (Å²) in [6.07, 6.45) is 0.683. The van der Waals surface area contributed by atoms with Crippen LogP contribution in [0, 0.1) is 0 Å². The van der Waals surface area contributed by atoms with Crippen LogP contribution < -0.4 is 5.48 Å². The van der Waals surface area contributed by atoms with Crippen molar-refractivity contribution in [1.29, 1.82) is 0 Å². The molecule has 4 rings (SSSR count). The standard InChI is InChI=1S/C23H21Cl3F2N2O3/c1-21(2,3)32-20(31)30-11-22(27,12-30)14-6-4-13(5-7-14)18-10-23(28,33-29-18)15-8-16(24)19(26)17(25)9-15/h4-10,29H,11-12H2,1-3H3. The van der Waals surface area contributed by atoms with Crippen molar-refractivity contribution in [3.8, 4) is 0 Å². The maximum atomic E-state index is 15.4. The highest BCUT2D eigenvalue weighted by molar-refractivity contribution is 6.48. The minimum atomic E-state index is -2.32. The van der Waals surface area contributed by atoms with E-state index in [1.807, 2.05) is 0 Å². The summed E-state index contributed by atoms with van der Waals surface area (Å²) in [6.45, 7) is 5.06. The van der Waals surface area contributed by atoms with Gasteiger partial charge in [-0.05, 0) is 44.0 Å². The monoisotopic (exact) mass is 516 g/mol. The van der Waals surface area contributed by atoms with Gasteiger partial charge in [0.05, 0.1) is 33.9 Å². The number of hydrogen-bond acceptors (Lipinski definition) is 4. The molecule has 2 heterocycles. The highest BCUT2D eigenvalue weighted by atomic mass is 35.5. The van der Waals surface area contributed by atoms with Gasteiger partial charge in [0.2, 0.25) is 0 Å². The van der Waals surface area contributed by atoms with Gasteiger partial charge in [-0.2, -0.15) is 4.39 Å². The fraction of sp³-hybridized carbons (Fsp3) is 0.348. The Kier molecular flexibility index (Phi) is 6.06. The molecule has 1 atom stereocenters. The van der Waals surface area contributed by atoms with Gasteiger partial charge in [0, 0.05) is 11.6 Å². The Labute approximate surface area is 205 Å². The van der Waals surface area contributed by atoms with Crippen molar-refractivity contribution < 1.29 is 23.1 Å². The number of alkyl halides is 2. The summed E-state index contributed by atoms with van der Waals surface area (Å²) < 4.78 is 35.9. The maximum Gasteiger partial charge on any atom is 0.410 e. The molecule has 5 nitrogen and oxygen atoms in total. The Hall–Kier alpha value is -2.06. The number of nitrogens with one attached hydrogen (secondary N) is 1. The highest BCUT2D eigenvalue weighted by Crippen LogP contribution is 2.42. The van der Waals surface area contributed by atoms with Crippen molar-refractivity contribution in [2.24, 2.45) is 0 Å². The van der Waals surface area contributed by atoms with Crippen LogP contribution in [0.5, 0.6) is 0 Å². The van der Waals surface area contributed by atoms with Crippen LogP contribution in [-0.4, -0.2) is 29.7 Å². The molecule has 2 aromatic rings. The first-order valence-electron chi connectivity index (χ1n) is 10.1. The van der Waals surface area contributed by atoms with Crippen LogP contribution in [-0.2, 0) is 21.1 Å². The lowest BCUT2D eigenvalue weighted by molar-refractivity contribution is -0.130. The Balaban J connectivity index is 1.48. The van der Waals surface area contributed by atoms with E-state index < -0.39 is 23.2 Å². The number of rotatable bonds is 3. The van der Waals surface area contributed by atoms with Crippen LogP contribution in [0.3, 0.4) is 0 Å². The predicted octanol–water partition coefficient (Wildman–Crippen LogP) is 6.76. The van der Waals surface area contributed by atoms with Crippen molar-refractivity contribution in [1.82, 2.24) is 10.4 Å². The van der Waals surface area contributed by atoms with Gasteiger partial charge in [0.25, 0.3) is 5.85 Å². The van der Waals surface area contributed by atoms with Gasteiger partial charge in [-0.25, -0.2) is 14.0 Å². The zero-order valence-corrected chi connectivity index (χ0v) is 20.3. The molecular formula is C23H21Cl3F2N2O3. The van der Waals surface area contributed by atoms with Crippen LogP contribution >= 0.6 is 34.8 Å². The van der Waals surface area contributed by atoms with E-state index in [-0.39, 0.29) is 33.7 Å². The van der Waals surface area contributed by atoms with Crippen LogP contribution in [0.1, 0.15) is 37.5 Å². The summed E-state index contributed by atoms with van der Waals surface area (Å²) in [6, 6.07) is 9.14. The van der Waals surface area contributed by atoms with E-state index in [1.165, 1.54) is 23.1 Å². The molecule has 1 amide bonds. The summed E-state index contributed by atoms with van der Waals surface area (Å²) >= 11 is 17.9. The number of carbonyl (C=O) groups excluding carboxylic acids is 1. The summed E-state index contributed by atoms with van der Waals surface area (Å²) in [5.41, 5.74) is 1.64. The molecule has 0 aliphatic carbocycles. The predicted molar refractivity (Wildman–Crippen MR) is 123 cm³/mol. The fourth-order valence-corrected chi connectivity index (χ4v) is 4.15. The fourth-order valence-electron chi connectivity index (χ4n) is 3.56. The van der Waals surface area contributed by atoms with Crippen LogP contribution in [0.25, 0.3) is 5.70 Å². The van der Waals surface area contributed by atoms with E-state index >= 15 is 8.78 Å². The number of amides is 1. The quantitative estimate of drug-likeness (QED) is 0.457. The molecule has 1 N–H and O–H groups in total. The first-order chi connectivity index (χ1) is 15.3. The summed E-state index contributed by atoms with van der Waals surface area (Å²) in [4.78, 5) is 18.5. The Morgan fingerprint density at radius 1 is 1.06 bits per heavy atom. The second-order valence-corrected chi connectivity index (χ2v) is 10.2. The molecule has 2 aliphatic heterocycles.